The Morgan fingerprint density at radius 3 is 1.91 bits per heavy atom. The predicted octanol–water partition coefficient (Wildman–Crippen LogP) is 12.5. The number of hydrogen-bond acceptors (Lipinski definition) is 1. The first-order valence-electron chi connectivity index (χ1n) is 16.6. The third-order valence-electron chi connectivity index (χ3n) is 10.2. The molecule has 222 valence electrons. The van der Waals surface area contributed by atoms with Crippen molar-refractivity contribution in [2.75, 3.05) is 4.90 Å². The summed E-state index contributed by atoms with van der Waals surface area (Å²) < 4.78 is 0. The van der Waals surface area contributed by atoms with E-state index in [0.717, 1.165) is 0 Å². The molecule has 1 saturated carbocycles. The molecular weight excluding hydrogens is 530 g/mol. The average Bonchev–Trinajstić information content (AvgIpc) is 3.28. The fourth-order valence-electron chi connectivity index (χ4n) is 7.79. The van der Waals surface area contributed by atoms with E-state index < -0.39 is 0 Å². The van der Waals surface area contributed by atoms with Gasteiger partial charge in [0.05, 0.1) is 0 Å². The number of hydrogen-bond donors (Lipinski definition) is 0. The molecule has 1 heteroatoms. The van der Waals surface area contributed by atoms with Crippen LogP contribution in [0, 0.1) is 0 Å². The third kappa shape index (κ3) is 5.07. The molecule has 0 aliphatic heterocycles. The molecule has 0 N–H and O–H groups in total. The van der Waals surface area contributed by atoms with Gasteiger partial charge in [-0.3, -0.25) is 0 Å². The van der Waals surface area contributed by atoms with Gasteiger partial charge in [0, 0.05) is 22.5 Å². The highest BCUT2D eigenvalue weighted by Gasteiger charge is 2.35. The first kappa shape index (κ1) is 28.7. The van der Waals surface area contributed by atoms with Gasteiger partial charge >= 0.3 is 0 Å². The van der Waals surface area contributed by atoms with E-state index in [1.54, 1.807) is 0 Å². The monoisotopic (exact) mass is 575 g/mol. The van der Waals surface area contributed by atoms with Crippen LogP contribution in [0.1, 0.15) is 94.9 Å². The Kier molecular flexibility index (Phi) is 7.24. The Balaban J connectivity index is 1.39. The van der Waals surface area contributed by atoms with E-state index in [2.05, 4.69) is 155 Å². The van der Waals surface area contributed by atoms with Crippen molar-refractivity contribution in [2.24, 2.45) is 0 Å². The number of fused-ring (bicyclic) bond motifs is 3. The molecule has 0 saturated heterocycles. The Morgan fingerprint density at radius 1 is 0.568 bits per heavy atom. The van der Waals surface area contributed by atoms with Crippen molar-refractivity contribution < 1.29 is 0 Å². The van der Waals surface area contributed by atoms with Crippen LogP contribution in [0.4, 0.5) is 17.1 Å². The molecule has 5 aromatic rings. The van der Waals surface area contributed by atoms with Crippen LogP contribution in [-0.4, -0.2) is 0 Å². The van der Waals surface area contributed by atoms with Gasteiger partial charge < -0.3 is 4.90 Å². The van der Waals surface area contributed by atoms with Gasteiger partial charge in [-0.2, -0.15) is 0 Å². The topological polar surface area (TPSA) is 3.24 Å². The maximum Gasteiger partial charge on any atom is 0.0467 e. The molecule has 0 spiro atoms. The van der Waals surface area contributed by atoms with Crippen LogP contribution in [-0.2, 0) is 10.8 Å². The van der Waals surface area contributed by atoms with Crippen LogP contribution in [0.3, 0.4) is 0 Å². The van der Waals surface area contributed by atoms with Gasteiger partial charge in [0.15, 0.2) is 0 Å². The standard InChI is InChI=1S/C43H45N/c1-42(2,3)39-27-25-34(28-38(39)32-16-10-7-11-17-32)44(33-22-20-31(21-23-33)30-14-8-6-9-15-30)35-24-26-37-36-18-12-13-19-40(36)43(4,5)41(37)29-35/h7,10-13,16-30H,6,8-9,14-15H2,1-5H3. The van der Waals surface area contributed by atoms with Crippen LogP contribution >= 0.6 is 0 Å². The lowest BCUT2D eigenvalue weighted by atomic mass is 9.81. The molecule has 2 aliphatic rings. The highest BCUT2D eigenvalue weighted by Crippen LogP contribution is 2.51. The highest BCUT2D eigenvalue weighted by atomic mass is 15.1. The van der Waals surface area contributed by atoms with E-state index in [9.17, 15) is 0 Å². The van der Waals surface area contributed by atoms with Crippen LogP contribution in [0.5, 0.6) is 0 Å². The molecule has 1 nitrogen and oxygen atoms in total. The van der Waals surface area contributed by atoms with Crippen molar-refractivity contribution in [2.45, 2.75) is 83.5 Å². The molecule has 0 radical (unpaired) electrons. The normalized spacial score (nSPS) is 15.9. The summed E-state index contributed by atoms with van der Waals surface area (Å²) in [4.78, 5) is 2.48. The maximum atomic E-state index is 2.48. The third-order valence-corrected chi connectivity index (χ3v) is 10.2. The quantitative estimate of drug-likeness (QED) is 0.201. The van der Waals surface area contributed by atoms with Crippen molar-refractivity contribution in [3.63, 3.8) is 0 Å². The second-order valence-corrected chi connectivity index (χ2v) is 14.5. The highest BCUT2D eigenvalue weighted by molar-refractivity contribution is 5.86. The summed E-state index contributed by atoms with van der Waals surface area (Å²) in [5.41, 5.74) is 14.5. The molecule has 0 bridgehead atoms. The van der Waals surface area contributed by atoms with Gasteiger partial charge in [-0.15, -0.1) is 0 Å². The molecule has 0 aromatic heterocycles. The van der Waals surface area contributed by atoms with Gasteiger partial charge in [0.2, 0.25) is 0 Å². The minimum absolute atomic E-state index is 0.0273. The Bertz CT molecular complexity index is 1780. The van der Waals surface area contributed by atoms with Gasteiger partial charge in [0.25, 0.3) is 0 Å². The Hall–Kier alpha value is -4.10. The molecule has 0 amide bonds. The van der Waals surface area contributed by atoms with E-state index in [1.165, 1.54) is 93.7 Å². The van der Waals surface area contributed by atoms with Crippen molar-refractivity contribution >= 4 is 17.1 Å². The van der Waals surface area contributed by atoms with Crippen molar-refractivity contribution in [3.05, 3.63) is 138 Å². The second kappa shape index (κ2) is 11.1. The van der Waals surface area contributed by atoms with Crippen molar-refractivity contribution in [3.8, 4) is 22.3 Å². The Labute approximate surface area is 264 Å². The van der Waals surface area contributed by atoms with Crippen LogP contribution in [0.15, 0.2) is 115 Å². The predicted molar refractivity (Wildman–Crippen MR) is 189 cm³/mol. The molecule has 0 unspecified atom stereocenters. The number of benzene rings is 5. The zero-order valence-electron chi connectivity index (χ0n) is 27.0. The lowest BCUT2D eigenvalue weighted by molar-refractivity contribution is 0.443. The van der Waals surface area contributed by atoms with E-state index >= 15 is 0 Å². The lowest BCUT2D eigenvalue weighted by Crippen LogP contribution is -2.17. The van der Waals surface area contributed by atoms with Gasteiger partial charge in [-0.1, -0.05) is 133 Å². The zero-order valence-corrected chi connectivity index (χ0v) is 27.0. The smallest absolute Gasteiger partial charge is 0.0467 e. The Morgan fingerprint density at radius 2 is 1.18 bits per heavy atom. The van der Waals surface area contributed by atoms with Crippen LogP contribution < -0.4 is 4.90 Å². The minimum Gasteiger partial charge on any atom is -0.310 e. The molecule has 44 heavy (non-hydrogen) atoms. The largest absolute Gasteiger partial charge is 0.310 e. The van der Waals surface area contributed by atoms with Crippen molar-refractivity contribution in [1.29, 1.82) is 0 Å². The summed E-state index contributed by atoms with van der Waals surface area (Å²) in [6.07, 6.45) is 6.73. The molecule has 2 aliphatic carbocycles. The SMILES string of the molecule is CC(C)(C)c1ccc(N(c2ccc(C3CCCCC3)cc2)c2ccc3c(c2)C(C)(C)c2ccccc2-3)cc1-c1ccccc1. The molecule has 1 fully saturated rings. The first-order valence-corrected chi connectivity index (χ1v) is 16.6. The average molecular weight is 576 g/mol. The fraction of sp³-hybridized carbons (Fsp3) is 0.302. The van der Waals surface area contributed by atoms with E-state index in [4.69, 9.17) is 0 Å². The minimum atomic E-state index is -0.0518. The van der Waals surface area contributed by atoms with E-state index in [0.29, 0.717) is 5.92 Å². The summed E-state index contributed by atoms with van der Waals surface area (Å²) in [5, 5.41) is 0. The summed E-state index contributed by atoms with van der Waals surface area (Å²) in [6.45, 7) is 11.7. The van der Waals surface area contributed by atoms with Crippen LogP contribution in [0.25, 0.3) is 22.3 Å². The number of anilines is 3. The molecule has 5 aromatic carbocycles. The number of rotatable bonds is 5. The molecule has 7 rings (SSSR count). The summed E-state index contributed by atoms with van der Waals surface area (Å²) in [7, 11) is 0. The van der Waals surface area contributed by atoms with Gasteiger partial charge in [-0.05, 0) is 105 Å². The van der Waals surface area contributed by atoms with E-state index in [1.807, 2.05) is 0 Å². The van der Waals surface area contributed by atoms with Crippen molar-refractivity contribution in [1.82, 2.24) is 0 Å². The zero-order chi connectivity index (χ0) is 30.5. The summed E-state index contributed by atoms with van der Waals surface area (Å²) in [6, 6.07) is 43.5. The van der Waals surface area contributed by atoms with E-state index in [-0.39, 0.29) is 10.8 Å². The molecule has 0 heterocycles. The number of nitrogens with zero attached hydrogens (tertiary/aromatic N) is 1. The summed E-state index contributed by atoms with van der Waals surface area (Å²) in [5.74, 6) is 0.696. The van der Waals surface area contributed by atoms with Crippen LogP contribution in [0.2, 0.25) is 0 Å². The lowest BCUT2D eigenvalue weighted by Gasteiger charge is -2.31. The molecular formula is C43H45N. The first-order chi connectivity index (χ1) is 21.2. The van der Waals surface area contributed by atoms with Gasteiger partial charge in [-0.25, -0.2) is 0 Å². The summed E-state index contributed by atoms with van der Waals surface area (Å²) >= 11 is 0. The maximum absolute atomic E-state index is 2.48. The van der Waals surface area contributed by atoms with Gasteiger partial charge in [0.1, 0.15) is 0 Å². The fourth-order valence-corrected chi connectivity index (χ4v) is 7.79. The molecule has 0 atom stereocenters. The second-order valence-electron chi connectivity index (χ2n) is 14.5.